The third-order valence-corrected chi connectivity index (χ3v) is 4.72. The average Bonchev–Trinajstić information content (AvgIpc) is 2.92. The Hall–Kier alpha value is -2.99. The lowest BCUT2D eigenvalue weighted by Crippen LogP contribution is -2.38. The molecule has 6 nitrogen and oxygen atoms in total. The number of anilines is 1. The number of Topliss-reactive ketones (excluding diaryl/α,β-unsaturated/α-hetero) is 1. The summed E-state index contributed by atoms with van der Waals surface area (Å²) in [4.78, 5) is 39.8. The van der Waals surface area contributed by atoms with Gasteiger partial charge in [-0.2, -0.15) is 0 Å². The molecule has 0 saturated heterocycles. The van der Waals surface area contributed by atoms with E-state index in [0.29, 0.717) is 30.0 Å². The molecular weight excluding hydrogens is 342 g/mol. The van der Waals surface area contributed by atoms with Gasteiger partial charge in [-0.1, -0.05) is 25.1 Å². The van der Waals surface area contributed by atoms with Gasteiger partial charge in [-0.05, 0) is 48.9 Å². The van der Waals surface area contributed by atoms with E-state index < -0.39 is 11.7 Å². The Morgan fingerprint density at radius 1 is 1.07 bits per heavy atom. The van der Waals surface area contributed by atoms with Crippen molar-refractivity contribution in [2.24, 2.45) is 0 Å². The van der Waals surface area contributed by atoms with E-state index in [1.165, 1.54) is 4.90 Å². The minimum absolute atomic E-state index is 0.126. The van der Waals surface area contributed by atoms with E-state index in [0.717, 1.165) is 17.5 Å². The lowest BCUT2D eigenvalue weighted by molar-refractivity contribution is -0.114. The summed E-state index contributed by atoms with van der Waals surface area (Å²) in [6.07, 6.45) is 0.820. The Labute approximate surface area is 158 Å². The molecule has 0 bridgehead atoms. The minimum atomic E-state index is -0.486. The summed E-state index contributed by atoms with van der Waals surface area (Å²) in [6.45, 7) is 2.93. The van der Waals surface area contributed by atoms with Crippen LogP contribution in [0.2, 0.25) is 0 Å². The van der Waals surface area contributed by atoms with Crippen LogP contribution in [0.25, 0.3) is 0 Å². The summed E-state index contributed by atoms with van der Waals surface area (Å²) in [5.74, 6) is -1.05. The van der Waals surface area contributed by atoms with Crippen LogP contribution in [-0.2, 0) is 17.8 Å². The first-order chi connectivity index (χ1) is 12.9. The number of fused-ring (bicyclic) bond motifs is 1. The molecule has 0 aliphatic carbocycles. The third kappa shape index (κ3) is 3.75. The van der Waals surface area contributed by atoms with E-state index in [4.69, 9.17) is 0 Å². The molecule has 1 aliphatic rings. The van der Waals surface area contributed by atoms with E-state index in [1.54, 1.807) is 19.2 Å². The zero-order chi connectivity index (χ0) is 19.6. The fourth-order valence-corrected chi connectivity index (χ4v) is 3.22. The zero-order valence-corrected chi connectivity index (χ0v) is 15.8. The van der Waals surface area contributed by atoms with Crippen LogP contribution in [0.4, 0.5) is 5.69 Å². The first-order valence-corrected chi connectivity index (χ1v) is 8.93. The van der Waals surface area contributed by atoms with Crippen molar-refractivity contribution in [2.75, 3.05) is 25.7 Å². The number of aryl methyl sites for hydroxylation is 1. The van der Waals surface area contributed by atoms with Crippen LogP contribution in [0.1, 0.15) is 38.8 Å². The predicted molar refractivity (Wildman–Crippen MR) is 104 cm³/mol. The highest BCUT2D eigenvalue weighted by Gasteiger charge is 2.36. The molecule has 1 aliphatic heterocycles. The van der Waals surface area contributed by atoms with Crippen molar-refractivity contribution in [3.63, 3.8) is 0 Å². The third-order valence-electron chi connectivity index (χ3n) is 4.72. The number of carbonyl (C=O) groups is 3. The number of benzene rings is 2. The molecule has 6 heteroatoms. The molecule has 1 heterocycles. The molecule has 2 amide bonds. The van der Waals surface area contributed by atoms with E-state index in [2.05, 4.69) is 5.32 Å². The first-order valence-electron chi connectivity index (χ1n) is 8.93. The van der Waals surface area contributed by atoms with E-state index >= 15 is 0 Å². The Morgan fingerprint density at radius 2 is 1.74 bits per heavy atom. The van der Waals surface area contributed by atoms with Gasteiger partial charge in [0.05, 0.1) is 17.9 Å². The standard InChI is InChI=1S/C21H23N3O3/c1-4-14-7-10-18-17(11-14)19(25)21(27)24(18)13-23(3)12-15-5-8-16(9-6-15)20(26)22-2/h5-11H,4,12-13H2,1-3H3,(H,22,26). The van der Waals surface area contributed by atoms with Crippen molar-refractivity contribution < 1.29 is 14.4 Å². The average molecular weight is 365 g/mol. The maximum absolute atomic E-state index is 12.4. The molecule has 27 heavy (non-hydrogen) atoms. The monoisotopic (exact) mass is 365 g/mol. The molecule has 0 radical (unpaired) electrons. The molecule has 1 N–H and O–H groups in total. The number of nitrogens with one attached hydrogen (secondary N) is 1. The predicted octanol–water partition coefficient (Wildman–Crippen LogP) is 2.23. The summed E-state index contributed by atoms with van der Waals surface area (Å²) in [5.41, 5.74) is 3.82. The van der Waals surface area contributed by atoms with Gasteiger partial charge in [-0.25, -0.2) is 0 Å². The second-order valence-corrected chi connectivity index (χ2v) is 6.70. The van der Waals surface area contributed by atoms with Crippen molar-refractivity contribution in [2.45, 2.75) is 19.9 Å². The number of nitrogens with zero attached hydrogens (tertiary/aromatic N) is 2. The molecular formula is C21H23N3O3. The van der Waals surface area contributed by atoms with Crippen LogP contribution < -0.4 is 10.2 Å². The Balaban J connectivity index is 1.71. The van der Waals surface area contributed by atoms with Crippen LogP contribution in [0.15, 0.2) is 42.5 Å². The van der Waals surface area contributed by atoms with Gasteiger partial charge in [-0.3, -0.25) is 24.2 Å². The van der Waals surface area contributed by atoms with Gasteiger partial charge in [0.15, 0.2) is 0 Å². The van der Waals surface area contributed by atoms with Crippen LogP contribution >= 0.6 is 0 Å². The Bertz CT molecular complexity index is 890. The molecule has 140 valence electrons. The van der Waals surface area contributed by atoms with Gasteiger partial charge in [0.1, 0.15) is 0 Å². The number of rotatable bonds is 6. The molecule has 2 aromatic carbocycles. The fourth-order valence-electron chi connectivity index (χ4n) is 3.22. The van der Waals surface area contributed by atoms with Crippen LogP contribution in [-0.4, -0.2) is 43.3 Å². The number of hydrogen-bond donors (Lipinski definition) is 1. The van der Waals surface area contributed by atoms with Gasteiger partial charge < -0.3 is 5.32 Å². The first kappa shape index (κ1) is 18.8. The van der Waals surface area contributed by atoms with Crippen molar-refractivity contribution in [1.82, 2.24) is 10.2 Å². The van der Waals surface area contributed by atoms with Crippen LogP contribution in [0.5, 0.6) is 0 Å². The van der Waals surface area contributed by atoms with Gasteiger partial charge in [0.2, 0.25) is 0 Å². The number of carbonyl (C=O) groups excluding carboxylic acids is 3. The topological polar surface area (TPSA) is 69.7 Å². The minimum Gasteiger partial charge on any atom is -0.355 e. The van der Waals surface area contributed by atoms with Crippen molar-refractivity contribution in [1.29, 1.82) is 0 Å². The molecule has 0 saturated carbocycles. The highest BCUT2D eigenvalue weighted by Crippen LogP contribution is 2.30. The van der Waals surface area contributed by atoms with Crippen molar-refractivity contribution in [3.8, 4) is 0 Å². The normalized spacial score (nSPS) is 13.3. The molecule has 0 atom stereocenters. The van der Waals surface area contributed by atoms with Crippen LogP contribution in [0.3, 0.4) is 0 Å². The summed E-state index contributed by atoms with van der Waals surface area (Å²) < 4.78 is 0. The molecule has 3 rings (SSSR count). The number of amides is 2. The summed E-state index contributed by atoms with van der Waals surface area (Å²) in [5, 5.41) is 2.59. The van der Waals surface area contributed by atoms with Gasteiger partial charge >= 0.3 is 5.91 Å². The highest BCUT2D eigenvalue weighted by molar-refractivity contribution is 6.52. The molecule has 0 aromatic heterocycles. The quantitative estimate of drug-likeness (QED) is 0.797. The van der Waals surface area contributed by atoms with Gasteiger partial charge in [0.25, 0.3) is 11.7 Å². The van der Waals surface area contributed by atoms with Gasteiger partial charge in [0, 0.05) is 19.2 Å². The zero-order valence-electron chi connectivity index (χ0n) is 15.8. The smallest absolute Gasteiger partial charge is 0.300 e. The molecule has 0 unspecified atom stereocenters. The lowest BCUT2D eigenvalue weighted by Gasteiger charge is -2.24. The maximum Gasteiger partial charge on any atom is 0.300 e. The van der Waals surface area contributed by atoms with E-state index in [9.17, 15) is 14.4 Å². The van der Waals surface area contributed by atoms with E-state index in [-0.39, 0.29) is 5.91 Å². The van der Waals surface area contributed by atoms with Crippen molar-refractivity contribution in [3.05, 3.63) is 64.7 Å². The fraction of sp³-hybridized carbons (Fsp3) is 0.286. The number of hydrogen-bond acceptors (Lipinski definition) is 4. The lowest BCUT2D eigenvalue weighted by atomic mass is 10.1. The highest BCUT2D eigenvalue weighted by atomic mass is 16.2. The number of ketones is 1. The second kappa shape index (κ2) is 7.72. The Morgan fingerprint density at radius 3 is 2.37 bits per heavy atom. The largest absolute Gasteiger partial charge is 0.355 e. The Kier molecular flexibility index (Phi) is 5.37. The molecule has 0 fully saturated rings. The van der Waals surface area contributed by atoms with E-state index in [1.807, 2.05) is 49.2 Å². The molecule has 0 spiro atoms. The molecule has 2 aromatic rings. The van der Waals surface area contributed by atoms with Crippen LogP contribution in [0, 0.1) is 0 Å². The van der Waals surface area contributed by atoms with Crippen molar-refractivity contribution >= 4 is 23.3 Å². The summed E-state index contributed by atoms with van der Waals surface area (Å²) >= 11 is 0. The summed E-state index contributed by atoms with van der Waals surface area (Å²) in [7, 11) is 3.49. The SMILES string of the molecule is CCc1ccc2c(c1)C(=O)C(=O)N2CN(C)Cc1ccc(C(=O)NC)cc1. The second-order valence-electron chi connectivity index (χ2n) is 6.70. The van der Waals surface area contributed by atoms with Gasteiger partial charge in [-0.15, -0.1) is 0 Å². The summed E-state index contributed by atoms with van der Waals surface area (Å²) in [6, 6.07) is 12.9. The maximum atomic E-state index is 12.4.